The first-order chi connectivity index (χ1) is 15.6. The lowest BCUT2D eigenvalue weighted by Crippen LogP contribution is -2.27. The first-order valence-corrected chi connectivity index (χ1v) is 10.6. The number of aryl methyl sites for hydroxylation is 2. The summed E-state index contributed by atoms with van der Waals surface area (Å²) in [4.78, 5) is 25.0. The Kier molecular flexibility index (Phi) is 5.66. The van der Waals surface area contributed by atoms with Crippen molar-refractivity contribution in [3.05, 3.63) is 59.0 Å². The molecule has 0 bridgehead atoms. The quantitative estimate of drug-likeness (QED) is 0.410. The summed E-state index contributed by atoms with van der Waals surface area (Å²) in [5.74, 6) is 1.14. The minimum absolute atomic E-state index is 0.193. The third-order valence-corrected chi connectivity index (χ3v) is 5.23. The fraction of sp³-hybridized carbons (Fsp3) is 0.308. The van der Waals surface area contributed by atoms with Gasteiger partial charge in [-0.2, -0.15) is 0 Å². The van der Waals surface area contributed by atoms with Gasteiger partial charge in [0.2, 0.25) is 5.78 Å². The van der Waals surface area contributed by atoms with Gasteiger partial charge in [-0.05, 0) is 63.6 Å². The molecule has 1 aliphatic heterocycles. The van der Waals surface area contributed by atoms with E-state index >= 15 is 0 Å². The molecular formula is C26H27NO6. The maximum Gasteiger partial charge on any atom is 0.344 e. The molecule has 0 atom stereocenters. The number of aromatic nitrogens is 1. The largest absolute Gasteiger partial charge is 0.497 e. The lowest BCUT2D eigenvalue weighted by atomic mass is 10.0. The van der Waals surface area contributed by atoms with Crippen molar-refractivity contribution in [3.63, 3.8) is 0 Å². The van der Waals surface area contributed by atoms with Crippen molar-refractivity contribution in [3.8, 4) is 17.2 Å². The summed E-state index contributed by atoms with van der Waals surface area (Å²) >= 11 is 0. The molecule has 0 fully saturated rings. The second-order valence-corrected chi connectivity index (χ2v) is 9.01. The Morgan fingerprint density at radius 2 is 1.91 bits per heavy atom. The van der Waals surface area contributed by atoms with Crippen molar-refractivity contribution in [2.75, 3.05) is 13.7 Å². The summed E-state index contributed by atoms with van der Waals surface area (Å²) < 4.78 is 24.1. The Balaban J connectivity index is 1.60. The predicted octanol–water partition coefficient (Wildman–Crippen LogP) is 4.83. The maximum absolute atomic E-state index is 13.1. The molecule has 0 unspecified atom stereocenters. The Hall–Kier alpha value is -3.74. The number of Topliss-reactive ketones (excluding diaryl/α,β-unsaturated/α-hetero) is 1. The fourth-order valence-electron chi connectivity index (χ4n) is 3.86. The molecule has 4 rings (SSSR count). The number of hydrogen-bond acceptors (Lipinski definition) is 6. The Labute approximate surface area is 192 Å². The number of benzene rings is 2. The van der Waals surface area contributed by atoms with E-state index in [1.807, 2.05) is 42.9 Å². The number of carbonyl (C=O) groups is 2. The van der Waals surface area contributed by atoms with Crippen LogP contribution in [0.4, 0.5) is 0 Å². The van der Waals surface area contributed by atoms with Crippen LogP contribution in [0.1, 0.15) is 42.3 Å². The SMILES string of the molecule is COc1ccc2c(c1)c(/C=C1\Oc3cc(OCC(=O)OC(C)(C)C)cc(C)c3C1=O)cn2C. The minimum Gasteiger partial charge on any atom is -0.497 e. The predicted molar refractivity (Wildman–Crippen MR) is 125 cm³/mol. The molecule has 2 aromatic carbocycles. The third kappa shape index (κ3) is 4.58. The molecule has 1 aliphatic rings. The zero-order valence-corrected chi connectivity index (χ0v) is 19.6. The van der Waals surface area contributed by atoms with Gasteiger partial charge in [0, 0.05) is 35.8 Å². The van der Waals surface area contributed by atoms with E-state index in [0.29, 0.717) is 22.6 Å². The van der Waals surface area contributed by atoms with Crippen molar-refractivity contribution < 1.29 is 28.5 Å². The van der Waals surface area contributed by atoms with Gasteiger partial charge in [-0.1, -0.05) is 0 Å². The van der Waals surface area contributed by atoms with Gasteiger partial charge < -0.3 is 23.5 Å². The third-order valence-electron chi connectivity index (χ3n) is 5.23. The summed E-state index contributed by atoms with van der Waals surface area (Å²) in [5.41, 5.74) is 2.47. The highest BCUT2D eigenvalue weighted by atomic mass is 16.6. The summed E-state index contributed by atoms with van der Waals surface area (Å²) in [6, 6.07) is 9.14. The lowest BCUT2D eigenvalue weighted by Gasteiger charge is -2.19. The number of carbonyl (C=O) groups excluding carboxylic acids is 2. The van der Waals surface area contributed by atoms with E-state index in [4.69, 9.17) is 18.9 Å². The molecule has 33 heavy (non-hydrogen) atoms. The molecule has 1 aromatic heterocycles. The van der Waals surface area contributed by atoms with Crippen LogP contribution in [0, 0.1) is 6.92 Å². The first-order valence-electron chi connectivity index (χ1n) is 10.6. The zero-order valence-electron chi connectivity index (χ0n) is 19.6. The van der Waals surface area contributed by atoms with Crippen LogP contribution in [0.25, 0.3) is 17.0 Å². The second-order valence-electron chi connectivity index (χ2n) is 9.01. The first kappa shape index (κ1) is 22.5. The van der Waals surface area contributed by atoms with E-state index in [1.54, 1.807) is 46.1 Å². The Bertz CT molecular complexity index is 1290. The minimum atomic E-state index is -0.588. The van der Waals surface area contributed by atoms with Gasteiger partial charge >= 0.3 is 5.97 Å². The van der Waals surface area contributed by atoms with E-state index in [1.165, 1.54) is 0 Å². The molecule has 0 saturated heterocycles. The van der Waals surface area contributed by atoms with Crippen molar-refractivity contribution in [2.24, 2.45) is 7.05 Å². The van der Waals surface area contributed by atoms with Crippen LogP contribution in [-0.4, -0.2) is 35.6 Å². The monoisotopic (exact) mass is 449 g/mol. The molecular weight excluding hydrogens is 422 g/mol. The molecule has 172 valence electrons. The molecule has 0 amide bonds. The fourth-order valence-corrected chi connectivity index (χ4v) is 3.86. The molecule has 0 spiro atoms. The summed E-state index contributed by atoms with van der Waals surface area (Å²) in [7, 11) is 3.56. The van der Waals surface area contributed by atoms with Gasteiger partial charge in [-0.25, -0.2) is 4.79 Å². The summed E-state index contributed by atoms with van der Waals surface area (Å²) in [6.45, 7) is 6.97. The van der Waals surface area contributed by atoms with Crippen LogP contribution in [0.3, 0.4) is 0 Å². The van der Waals surface area contributed by atoms with Gasteiger partial charge in [0.25, 0.3) is 0 Å². The van der Waals surface area contributed by atoms with Crippen LogP contribution >= 0.6 is 0 Å². The number of fused-ring (bicyclic) bond motifs is 2. The van der Waals surface area contributed by atoms with Gasteiger partial charge in [-0.15, -0.1) is 0 Å². The highest BCUT2D eigenvalue weighted by Gasteiger charge is 2.30. The standard InChI is InChI=1S/C26H27NO6/c1-15-9-18(31-14-23(28)33-26(2,3)4)12-21-24(15)25(29)22(32-21)10-16-13-27(5)20-8-7-17(30-6)11-19(16)20/h7-13H,14H2,1-6H3/b22-10-. The molecule has 7 heteroatoms. The number of allylic oxidation sites excluding steroid dienone is 1. The number of rotatable bonds is 5. The normalized spacial score (nSPS) is 14.4. The van der Waals surface area contributed by atoms with Crippen molar-refractivity contribution >= 4 is 28.7 Å². The van der Waals surface area contributed by atoms with Crippen LogP contribution in [0.2, 0.25) is 0 Å². The van der Waals surface area contributed by atoms with Crippen LogP contribution in [0.15, 0.2) is 42.3 Å². The Morgan fingerprint density at radius 3 is 2.61 bits per heavy atom. The van der Waals surface area contributed by atoms with Crippen LogP contribution in [0.5, 0.6) is 17.2 Å². The molecule has 2 heterocycles. The van der Waals surface area contributed by atoms with E-state index < -0.39 is 11.6 Å². The molecule has 7 nitrogen and oxygen atoms in total. The maximum atomic E-state index is 13.1. The van der Waals surface area contributed by atoms with Crippen molar-refractivity contribution in [2.45, 2.75) is 33.3 Å². The number of ketones is 1. The molecule has 0 N–H and O–H groups in total. The number of methoxy groups -OCH3 is 1. The average Bonchev–Trinajstić information content (AvgIpc) is 3.21. The lowest BCUT2D eigenvalue weighted by molar-refractivity contribution is -0.157. The van der Waals surface area contributed by atoms with E-state index in [2.05, 4.69) is 0 Å². The van der Waals surface area contributed by atoms with Gasteiger partial charge in [0.15, 0.2) is 12.4 Å². The number of hydrogen-bond donors (Lipinski definition) is 0. The van der Waals surface area contributed by atoms with Crippen LogP contribution in [-0.2, 0) is 16.6 Å². The molecule has 0 saturated carbocycles. The molecule has 3 aromatic rings. The van der Waals surface area contributed by atoms with E-state index in [9.17, 15) is 9.59 Å². The zero-order chi connectivity index (χ0) is 23.9. The molecule has 0 radical (unpaired) electrons. The van der Waals surface area contributed by atoms with E-state index in [0.717, 1.165) is 22.2 Å². The highest BCUT2D eigenvalue weighted by Crippen LogP contribution is 2.38. The smallest absolute Gasteiger partial charge is 0.344 e. The number of nitrogens with zero attached hydrogens (tertiary/aromatic N) is 1. The van der Waals surface area contributed by atoms with Gasteiger partial charge in [-0.3, -0.25) is 4.79 Å². The number of esters is 1. The summed E-state index contributed by atoms with van der Waals surface area (Å²) in [6.07, 6.45) is 3.68. The van der Waals surface area contributed by atoms with Crippen molar-refractivity contribution in [1.29, 1.82) is 0 Å². The van der Waals surface area contributed by atoms with Crippen LogP contribution < -0.4 is 14.2 Å². The average molecular weight is 450 g/mol. The second kappa shape index (κ2) is 8.31. The van der Waals surface area contributed by atoms with Crippen molar-refractivity contribution in [1.82, 2.24) is 4.57 Å². The van der Waals surface area contributed by atoms with Gasteiger partial charge in [0.1, 0.15) is 22.8 Å². The Morgan fingerprint density at radius 1 is 1.15 bits per heavy atom. The van der Waals surface area contributed by atoms with E-state index in [-0.39, 0.29) is 18.1 Å². The topological polar surface area (TPSA) is 76.0 Å². The number of ether oxygens (including phenoxy) is 4. The van der Waals surface area contributed by atoms with Gasteiger partial charge in [0.05, 0.1) is 12.7 Å². The molecule has 0 aliphatic carbocycles. The highest BCUT2D eigenvalue weighted by molar-refractivity contribution is 6.16. The summed E-state index contributed by atoms with van der Waals surface area (Å²) in [5, 5.41) is 0.954.